The van der Waals surface area contributed by atoms with Crippen molar-refractivity contribution < 1.29 is 19.6 Å². The molecule has 0 saturated carbocycles. The van der Waals surface area contributed by atoms with Crippen LogP contribution < -0.4 is 5.46 Å². The summed E-state index contributed by atoms with van der Waals surface area (Å²) in [6.07, 6.45) is 0. The van der Waals surface area contributed by atoms with Gasteiger partial charge in [-0.15, -0.1) is 12.6 Å². The minimum atomic E-state index is -1.65. The van der Waals surface area contributed by atoms with Gasteiger partial charge in [-0.25, -0.2) is 4.79 Å². The molecule has 4 nitrogen and oxygen atoms in total. The largest absolute Gasteiger partial charge is 0.489 e. The van der Waals surface area contributed by atoms with Crippen LogP contribution in [0.15, 0.2) is 4.90 Å². The second-order valence-corrected chi connectivity index (χ2v) is 6.34. The van der Waals surface area contributed by atoms with Crippen LogP contribution in [-0.4, -0.2) is 28.7 Å². The molecule has 0 fully saturated rings. The molecule has 20 heavy (non-hydrogen) atoms. The van der Waals surface area contributed by atoms with E-state index in [0.29, 0.717) is 32.6 Å². The highest BCUT2D eigenvalue weighted by molar-refractivity contribution is 7.80. The predicted octanol–water partition coefficient (Wildman–Crippen LogP) is 1.54. The van der Waals surface area contributed by atoms with Crippen LogP contribution in [0.1, 0.15) is 47.8 Å². The van der Waals surface area contributed by atoms with Gasteiger partial charge in [0.25, 0.3) is 0 Å². The second kappa shape index (κ2) is 5.80. The molecule has 0 aliphatic carbocycles. The van der Waals surface area contributed by atoms with E-state index in [1.54, 1.807) is 41.5 Å². The summed E-state index contributed by atoms with van der Waals surface area (Å²) in [5, 5.41) is 19.0. The molecule has 0 aliphatic heterocycles. The predicted molar refractivity (Wildman–Crippen MR) is 82.9 cm³/mol. The van der Waals surface area contributed by atoms with E-state index >= 15 is 0 Å². The quantitative estimate of drug-likeness (QED) is 0.440. The van der Waals surface area contributed by atoms with Crippen LogP contribution in [0.3, 0.4) is 0 Å². The van der Waals surface area contributed by atoms with Crippen LogP contribution in [0, 0.1) is 20.8 Å². The molecule has 2 N–H and O–H groups in total. The zero-order valence-electron chi connectivity index (χ0n) is 12.7. The average Bonchev–Trinajstić information content (AvgIpc) is 2.23. The molecule has 6 heteroatoms. The van der Waals surface area contributed by atoms with Gasteiger partial charge in [-0.1, -0.05) is 0 Å². The van der Waals surface area contributed by atoms with Crippen molar-refractivity contribution in [2.24, 2.45) is 0 Å². The van der Waals surface area contributed by atoms with E-state index in [2.05, 4.69) is 12.6 Å². The summed E-state index contributed by atoms with van der Waals surface area (Å²) in [6, 6.07) is 0. The Labute approximate surface area is 125 Å². The molecule has 0 atom stereocenters. The number of carbonyl (C=O) groups is 1. The minimum absolute atomic E-state index is 0.307. The van der Waals surface area contributed by atoms with E-state index in [-0.39, 0.29) is 0 Å². The Morgan fingerprint density at radius 1 is 1.10 bits per heavy atom. The van der Waals surface area contributed by atoms with E-state index in [0.717, 1.165) is 0 Å². The first-order chi connectivity index (χ1) is 8.97. The topological polar surface area (TPSA) is 66.8 Å². The summed E-state index contributed by atoms with van der Waals surface area (Å²) < 4.78 is 5.38. The molecule has 0 aromatic heterocycles. The van der Waals surface area contributed by atoms with Gasteiger partial charge in [-0.2, -0.15) is 0 Å². The van der Waals surface area contributed by atoms with E-state index < -0.39 is 18.7 Å². The Morgan fingerprint density at radius 3 is 2.00 bits per heavy atom. The fourth-order valence-electron chi connectivity index (χ4n) is 2.25. The molecule has 0 heterocycles. The van der Waals surface area contributed by atoms with Crippen molar-refractivity contribution in [3.05, 3.63) is 22.3 Å². The molecule has 0 amide bonds. The number of benzene rings is 1. The molecule has 0 spiro atoms. The lowest BCUT2D eigenvalue weighted by molar-refractivity contribution is 0.00678. The van der Waals surface area contributed by atoms with E-state index in [1.165, 1.54) is 0 Å². The van der Waals surface area contributed by atoms with Crippen LogP contribution in [-0.2, 0) is 4.74 Å². The molecule has 0 aliphatic rings. The number of thiol groups is 1. The number of hydrogen-bond acceptors (Lipinski definition) is 5. The van der Waals surface area contributed by atoms with Crippen molar-refractivity contribution in [1.29, 1.82) is 0 Å². The van der Waals surface area contributed by atoms with Crippen molar-refractivity contribution in [2.45, 2.75) is 52.0 Å². The Kier molecular flexibility index (Phi) is 4.95. The zero-order chi connectivity index (χ0) is 15.8. The molecule has 110 valence electrons. The van der Waals surface area contributed by atoms with Gasteiger partial charge < -0.3 is 14.8 Å². The van der Waals surface area contributed by atoms with Gasteiger partial charge in [0.15, 0.2) is 0 Å². The summed E-state index contributed by atoms with van der Waals surface area (Å²) in [6.45, 7) is 10.6. The van der Waals surface area contributed by atoms with Crippen LogP contribution >= 0.6 is 12.6 Å². The zero-order valence-corrected chi connectivity index (χ0v) is 13.6. The summed E-state index contributed by atoms with van der Waals surface area (Å²) in [5.41, 5.74) is 1.89. The standard InChI is InChI=1S/C14H21BO4S/c1-7-10(13(16)19-14(4,5)6)8(2)12(20)9(3)11(7)15(17)18/h17-18,20H,1-6H3. The van der Waals surface area contributed by atoms with Crippen molar-refractivity contribution in [3.8, 4) is 0 Å². The third-order valence-electron chi connectivity index (χ3n) is 3.13. The average molecular weight is 296 g/mol. The monoisotopic (exact) mass is 296 g/mol. The first kappa shape index (κ1) is 17.1. The molecule has 0 saturated heterocycles. The Morgan fingerprint density at radius 2 is 1.60 bits per heavy atom. The summed E-state index contributed by atoms with van der Waals surface area (Å²) in [4.78, 5) is 12.9. The van der Waals surface area contributed by atoms with Crippen molar-refractivity contribution in [2.75, 3.05) is 0 Å². The Balaban J connectivity index is 3.52. The highest BCUT2D eigenvalue weighted by Gasteiger charge is 2.28. The lowest BCUT2D eigenvalue weighted by atomic mass is 9.72. The first-order valence-electron chi connectivity index (χ1n) is 6.39. The fraction of sp³-hybridized carbons (Fsp3) is 0.500. The van der Waals surface area contributed by atoms with Gasteiger partial charge in [0.05, 0.1) is 5.56 Å². The van der Waals surface area contributed by atoms with Crippen molar-refractivity contribution in [1.82, 2.24) is 0 Å². The molecule has 0 bridgehead atoms. The summed E-state index contributed by atoms with van der Waals surface area (Å²) in [7, 11) is -1.65. The van der Waals surface area contributed by atoms with Gasteiger partial charge in [-0.05, 0) is 63.7 Å². The lowest BCUT2D eigenvalue weighted by Crippen LogP contribution is -2.37. The number of esters is 1. The van der Waals surface area contributed by atoms with E-state index in [1.807, 2.05) is 0 Å². The van der Waals surface area contributed by atoms with Crippen LogP contribution in [0.25, 0.3) is 0 Å². The van der Waals surface area contributed by atoms with E-state index in [9.17, 15) is 14.8 Å². The normalized spacial score (nSPS) is 11.4. The molecule has 0 radical (unpaired) electrons. The minimum Gasteiger partial charge on any atom is -0.456 e. The number of hydrogen-bond donors (Lipinski definition) is 3. The third-order valence-corrected chi connectivity index (χ3v) is 3.80. The molecule has 0 unspecified atom stereocenters. The molecule has 1 rings (SSSR count). The van der Waals surface area contributed by atoms with Gasteiger partial charge in [0.2, 0.25) is 0 Å². The molecular weight excluding hydrogens is 275 g/mol. The van der Waals surface area contributed by atoms with Gasteiger partial charge in [0.1, 0.15) is 5.60 Å². The highest BCUT2D eigenvalue weighted by Crippen LogP contribution is 2.26. The van der Waals surface area contributed by atoms with Gasteiger partial charge in [-0.3, -0.25) is 0 Å². The van der Waals surface area contributed by atoms with Crippen LogP contribution in [0.4, 0.5) is 0 Å². The summed E-state index contributed by atoms with van der Waals surface area (Å²) >= 11 is 4.37. The van der Waals surface area contributed by atoms with Crippen molar-refractivity contribution >= 4 is 31.2 Å². The number of carbonyl (C=O) groups excluding carboxylic acids is 1. The smallest absolute Gasteiger partial charge is 0.456 e. The molecule has 1 aromatic rings. The third kappa shape index (κ3) is 3.37. The van der Waals surface area contributed by atoms with Crippen LogP contribution in [0.2, 0.25) is 0 Å². The fourth-order valence-corrected chi connectivity index (χ4v) is 2.48. The highest BCUT2D eigenvalue weighted by atomic mass is 32.1. The maximum Gasteiger partial charge on any atom is 0.489 e. The lowest BCUT2D eigenvalue weighted by Gasteiger charge is -2.23. The van der Waals surface area contributed by atoms with Crippen LogP contribution in [0.5, 0.6) is 0 Å². The second-order valence-electron chi connectivity index (χ2n) is 5.89. The number of rotatable bonds is 2. The maximum absolute atomic E-state index is 12.3. The molecular formula is C14H21BO4S. The first-order valence-corrected chi connectivity index (χ1v) is 6.84. The SMILES string of the molecule is Cc1c(S)c(C)c(C(=O)OC(C)(C)C)c(C)c1B(O)O. The number of ether oxygens (including phenoxy) is 1. The van der Waals surface area contributed by atoms with Crippen molar-refractivity contribution in [3.63, 3.8) is 0 Å². The Bertz CT molecular complexity index is 547. The van der Waals surface area contributed by atoms with Gasteiger partial charge >= 0.3 is 13.1 Å². The van der Waals surface area contributed by atoms with Gasteiger partial charge in [0, 0.05) is 4.90 Å². The van der Waals surface area contributed by atoms with E-state index in [4.69, 9.17) is 4.74 Å². The summed E-state index contributed by atoms with van der Waals surface area (Å²) in [5.74, 6) is -0.482. The maximum atomic E-state index is 12.3. The molecule has 1 aromatic carbocycles. The Hall–Kier alpha value is -0.975.